The van der Waals surface area contributed by atoms with Crippen molar-refractivity contribution in [3.63, 3.8) is 0 Å². The van der Waals surface area contributed by atoms with E-state index in [0.29, 0.717) is 4.88 Å². The van der Waals surface area contributed by atoms with Gasteiger partial charge in [0.15, 0.2) is 5.75 Å². The Kier molecular flexibility index (Phi) is 5.12. The molecule has 0 atom stereocenters. The highest BCUT2D eigenvalue weighted by Gasteiger charge is 2.23. The summed E-state index contributed by atoms with van der Waals surface area (Å²) in [5.41, 5.74) is -0.00356. The van der Waals surface area contributed by atoms with Crippen molar-refractivity contribution < 1.29 is 22.4 Å². The van der Waals surface area contributed by atoms with E-state index in [-0.39, 0.29) is 33.1 Å². The first kappa shape index (κ1) is 19.5. The van der Waals surface area contributed by atoms with Crippen molar-refractivity contribution in [2.24, 2.45) is 0 Å². The van der Waals surface area contributed by atoms with E-state index in [2.05, 4.69) is 0 Å². The summed E-state index contributed by atoms with van der Waals surface area (Å²) in [7, 11) is -4.31. The lowest BCUT2D eigenvalue weighted by Crippen LogP contribution is -2.11. The monoisotopic (exact) mass is 420 g/mol. The number of hydrogen-bond acceptors (Lipinski definition) is 8. The summed E-state index contributed by atoms with van der Waals surface area (Å²) >= 11 is 1.27. The summed E-state index contributed by atoms with van der Waals surface area (Å²) in [6.07, 6.45) is 0. The second-order valence-corrected chi connectivity index (χ2v) is 8.15. The fourth-order valence-corrected chi connectivity index (χ4v) is 4.26. The van der Waals surface area contributed by atoms with Gasteiger partial charge in [0.1, 0.15) is 4.90 Å². The molecule has 0 saturated heterocycles. The van der Waals surface area contributed by atoms with E-state index in [9.17, 15) is 28.6 Å². The molecule has 0 spiro atoms. The SMILES string of the molecule is Cc1cc(S(=O)(=O)Oc2ccc([N+](=O)[O-])cc2-c2cccs2)ccc1[N+](=O)[O-]. The van der Waals surface area contributed by atoms with Crippen LogP contribution in [-0.2, 0) is 10.1 Å². The van der Waals surface area contributed by atoms with Crippen LogP contribution in [0.2, 0.25) is 0 Å². The van der Waals surface area contributed by atoms with Crippen molar-refractivity contribution in [1.29, 1.82) is 0 Å². The quantitative estimate of drug-likeness (QED) is 0.330. The number of thiophene rings is 1. The smallest absolute Gasteiger partial charge is 0.339 e. The molecule has 0 amide bonds. The number of rotatable bonds is 6. The molecule has 0 saturated carbocycles. The molecule has 3 rings (SSSR count). The molecule has 0 N–H and O–H groups in total. The number of nitro groups is 2. The minimum absolute atomic E-state index is 0.0796. The van der Waals surface area contributed by atoms with E-state index in [1.807, 2.05) is 0 Å². The zero-order valence-electron chi connectivity index (χ0n) is 14.3. The lowest BCUT2D eigenvalue weighted by molar-refractivity contribution is -0.385. The van der Waals surface area contributed by atoms with E-state index in [1.165, 1.54) is 30.4 Å². The van der Waals surface area contributed by atoms with Crippen molar-refractivity contribution in [3.8, 4) is 16.2 Å². The van der Waals surface area contributed by atoms with Gasteiger partial charge in [-0.2, -0.15) is 8.42 Å². The van der Waals surface area contributed by atoms with Crippen LogP contribution in [0.15, 0.2) is 58.8 Å². The van der Waals surface area contributed by atoms with Crippen LogP contribution in [0.4, 0.5) is 11.4 Å². The Morgan fingerprint density at radius 1 is 1.00 bits per heavy atom. The van der Waals surface area contributed by atoms with Crippen LogP contribution in [0.3, 0.4) is 0 Å². The molecule has 0 aliphatic carbocycles. The summed E-state index contributed by atoms with van der Waals surface area (Å²) in [5, 5.41) is 23.7. The number of non-ortho nitro benzene ring substituents is 1. The number of nitrogens with zero attached hydrogens (tertiary/aromatic N) is 2. The van der Waals surface area contributed by atoms with Gasteiger partial charge in [0.2, 0.25) is 0 Å². The second-order valence-electron chi connectivity index (χ2n) is 5.66. The third-order valence-electron chi connectivity index (χ3n) is 3.81. The molecule has 0 aliphatic rings. The molecule has 28 heavy (non-hydrogen) atoms. The summed E-state index contributed by atoms with van der Waals surface area (Å²) in [6, 6.07) is 10.3. The van der Waals surface area contributed by atoms with Gasteiger partial charge >= 0.3 is 10.1 Å². The van der Waals surface area contributed by atoms with Crippen LogP contribution in [0.1, 0.15) is 5.56 Å². The van der Waals surface area contributed by atoms with Crippen LogP contribution in [0.5, 0.6) is 5.75 Å². The molecule has 1 heterocycles. The lowest BCUT2D eigenvalue weighted by Gasteiger charge is -2.11. The molecule has 3 aromatic rings. The van der Waals surface area contributed by atoms with Gasteiger partial charge in [-0.15, -0.1) is 11.3 Å². The minimum atomic E-state index is -4.31. The molecule has 1 aromatic heterocycles. The summed E-state index contributed by atoms with van der Waals surface area (Å²) in [4.78, 5) is 21.1. The molecule has 0 bridgehead atoms. The lowest BCUT2D eigenvalue weighted by atomic mass is 10.1. The first-order valence-corrected chi connectivity index (χ1v) is 9.99. The second kappa shape index (κ2) is 7.37. The molecule has 0 aliphatic heterocycles. The number of aryl methyl sites for hydroxylation is 1. The van der Waals surface area contributed by atoms with E-state index in [0.717, 1.165) is 24.3 Å². The molecular formula is C17H12N2O7S2. The third kappa shape index (κ3) is 3.85. The average Bonchev–Trinajstić information content (AvgIpc) is 3.15. The number of benzene rings is 2. The van der Waals surface area contributed by atoms with Gasteiger partial charge in [0.05, 0.1) is 9.85 Å². The largest absolute Gasteiger partial charge is 0.378 e. The van der Waals surface area contributed by atoms with Gasteiger partial charge in [-0.3, -0.25) is 20.2 Å². The van der Waals surface area contributed by atoms with Crippen LogP contribution in [-0.4, -0.2) is 18.3 Å². The Bertz CT molecular complexity index is 1170. The highest BCUT2D eigenvalue weighted by atomic mass is 32.2. The first-order chi connectivity index (χ1) is 13.2. The highest BCUT2D eigenvalue weighted by Crippen LogP contribution is 2.37. The summed E-state index contributed by atoms with van der Waals surface area (Å²) in [5.74, 6) is -0.0796. The maximum absolute atomic E-state index is 12.7. The van der Waals surface area contributed by atoms with E-state index < -0.39 is 20.0 Å². The van der Waals surface area contributed by atoms with Crippen molar-refractivity contribution in [2.45, 2.75) is 11.8 Å². The van der Waals surface area contributed by atoms with Gasteiger partial charge in [-0.25, -0.2) is 0 Å². The van der Waals surface area contributed by atoms with E-state index in [1.54, 1.807) is 17.5 Å². The topological polar surface area (TPSA) is 130 Å². The molecular weight excluding hydrogens is 408 g/mol. The van der Waals surface area contributed by atoms with Crippen molar-refractivity contribution >= 4 is 32.8 Å². The zero-order chi connectivity index (χ0) is 20.5. The fourth-order valence-electron chi connectivity index (χ4n) is 2.48. The Hall–Kier alpha value is -3.31. The molecule has 0 radical (unpaired) electrons. The Morgan fingerprint density at radius 2 is 1.75 bits per heavy atom. The van der Waals surface area contributed by atoms with Crippen LogP contribution in [0, 0.1) is 27.2 Å². The van der Waals surface area contributed by atoms with Crippen LogP contribution < -0.4 is 4.18 Å². The maximum atomic E-state index is 12.7. The Balaban J connectivity index is 2.04. The van der Waals surface area contributed by atoms with Crippen molar-refractivity contribution in [3.05, 3.63) is 79.7 Å². The van der Waals surface area contributed by atoms with Crippen molar-refractivity contribution in [2.75, 3.05) is 0 Å². The molecule has 0 fully saturated rings. The molecule has 2 aromatic carbocycles. The molecule has 11 heteroatoms. The average molecular weight is 420 g/mol. The Labute approximate surface area is 163 Å². The first-order valence-electron chi connectivity index (χ1n) is 7.71. The third-order valence-corrected chi connectivity index (χ3v) is 5.95. The van der Waals surface area contributed by atoms with Gasteiger partial charge in [0.25, 0.3) is 11.4 Å². The summed E-state index contributed by atoms with van der Waals surface area (Å²) < 4.78 is 30.5. The van der Waals surface area contributed by atoms with E-state index in [4.69, 9.17) is 4.18 Å². The standard InChI is InChI=1S/C17H12N2O7S2/c1-11-9-13(5-6-15(11)19(22)23)28(24,25)26-16-7-4-12(18(20)21)10-14(16)17-3-2-8-27-17/h2-10H,1H3. The predicted octanol–water partition coefficient (Wildman–Crippen LogP) is 4.31. The van der Waals surface area contributed by atoms with Gasteiger partial charge in [0, 0.05) is 34.2 Å². The van der Waals surface area contributed by atoms with Crippen molar-refractivity contribution in [1.82, 2.24) is 0 Å². The Morgan fingerprint density at radius 3 is 2.32 bits per heavy atom. The van der Waals surface area contributed by atoms with Crippen LogP contribution in [0.25, 0.3) is 10.4 Å². The van der Waals surface area contributed by atoms with Crippen LogP contribution >= 0.6 is 11.3 Å². The maximum Gasteiger partial charge on any atom is 0.339 e. The fraction of sp³-hybridized carbons (Fsp3) is 0.0588. The number of hydrogen-bond donors (Lipinski definition) is 0. The number of nitro benzene ring substituents is 2. The normalized spacial score (nSPS) is 11.2. The van der Waals surface area contributed by atoms with E-state index >= 15 is 0 Å². The molecule has 9 nitrogen and oxygen atoms in total. The van der Waals surface area contributed by atoms with Gasteiger partial charge in [-0.1, -0.05) is 6.07 Å². The predicted molar refractivity (Wildman–Crippen MR) is 102 cm³/mol. The van der Waals surface area contributed by atoms with Gasteiger partial charge in [-0.05, 0) is 36.6 Å². The molecule has 144 valence electrons. The minimum Gasteiger partial charge on any atom is -0.378 e. The van der Waals surface area contributed by atoms with Gasteiger partial charge < -0.3 is 4.18 Å². The highest BCUT2D eigenvalue weighted by molar-refractivity contribution is 7.87. The zero-order valence-corrected chi connectivity index (χ0v) is 15.9. The molecule has 0 unspecified atom stereocenters. The summed E-state index contributed by atoms with van der Waals surface area (Å²) in [6.45, 7) is 1.42.